The number of sulfone groups is 1. The summed E-state index contributed by atoms with van der Waals surface area (Å²) in [6.45, 7) is 4.64. The minimum absolute atomic E-state index is 0.113. The lowest BCUT2D eigenvalue weighted by atomic mass is 10.0. The number of halogens is 3. The predicted octanol–water partition coefficient (Wildman–Crippen LogP) is 3.99. The van der Waals surface area contributed by atoms with Gasteiger partial charge in [-0.25, -0.2) is 13.4 Å². The summed E-state index contributed by atoms with van der Waals surface area (Å²) in [6, 6.07) is 3.39. The van der Waals surface area contributed by atoms with Crippen molar-refractivity contribution in [3.8, 4) is 11.3 Å². The summed E-state index contributed by atoms with van der Waals surface area (Å²) in [6.07, 6.45) is 0.835. The van der Waals surface area contributed by atoms with Gasteiger partial charge in [-0.3, -0.25) is 4.68 Å². The number of anilines is 1. The molecule has 2 aromatic heterocycles. The molecule has 11 heteroatoms. The molecule has 0 bridgehead atoms. The molecule has 0 aromatic carbocycles. The maximum atomic E-state index is 13.3. The van der Waals surface area contributed by atoms with Gasteiger partial charge in [-0.1, -0.05) is 6.92 Å². The molecular weight excluding hydrogens is 467 g/mol. The van der Waals surface area contributed by atoms with E-state index in [-0.39, 0.29) is 11.8 Å². The molecule has 0 spiro atoms. The third-order valence-electron chi connectivity index (χ3n) is 7.49. The lowest BCUT2D eigenvalue weighted by molar-refractivity contribution is -0.137. The van der Waals surface area contributed by atoms with Crippen molar-refractivity contribution in [3.63, 3.8) is 0 Å². The van der Waals surface area contributed by atoms with Crippen molar-refractivity contribution in [3.05, 3.63) is 29.6 Å². The average Bonchev–Trinajstić information content (AvgIpc) is 3.09. The van der Waals surface area contributed by atoms with Crippen molar-refractivity contribution < 1.29 is 21.6 Å². The van der Waals surface area contributed by atoms with Crippen LogP contribution in [0, 0.1) is 11.8 Å². The van der Waals surface area contributed by atoms with Crippen molar-refractivity contribution in [1.82, 2.24) is 19.7 Å². The Kier molecular flexibility index (Phi) is 6.48. The van der Waals surface area contributed by atoms with Crippen molar-refractivity contribution in [2.45, 2.75) is 57.3 Å². The van der Waals surface area contributed by atoms with Gasteiger partial charge >= 0.3 is 6.18 Å². The third kappa shape index (κ3) is 4.95. The van der Waals surface area contributed by atoms with E-state index < -0.39 is 27.4 Å². The third-order valence-corrected chi connectivity index (χ3v) is 8.42. The van der Waals surface area contributed by atoms with E-state index in [1.54, 1.807) is 0 Å². The number of alkyl halides is 3. The summed E-state index contributed by atoms with van der Waals surface area (Å²) >= 11 is 0. The second-order valence-electron chi connectivity index (χ2n) is 9.90. The highest BCUT2D eigenvalue weighted by molar-refractivity contribution is 7.90. The topological polar surface area (TPSA) is 94.1 Å². The van der Waals surface area contributed by atoms with Crippen molar-refractivity contribution in [2.75, 3.05) is 31.3 Å². The Morgan fingerprint density at radius 1 is 1.26 bits per heavy atom. The smallest absolute Gasteiger partial charge is 0.383 e. The number of aromatic nitrogens is 3. The number of nitrogen functional groups attached to an aromatic ring is 1. The summed E-state index contributed by atoms with van der Waals surface area (Å²) in [5.41, 5.74) is 6.35. The molecule has 3 unspecified atom stereocenters. The van der Waals surface area contributed by atoms with Crippen LogP contribution in [-0.2, 0) is 16.0 Å². The van der Waals surface area contributed by atoms with E-state index in [1.807, 2.05) is 17.8 Å². The molecule has 3 atom stereocenters. The maximum absolute atomic E-state index is 13.3. The van der Waals surface area contributed by atoms with E-state index in [2.05, 4.69) is 23.7 Å². The van der Waals surface area contributed by atoms with Crippen LogP contribution >= 0.6 is 0 Å². The second-order valence-corrected chi connectivity index (χ2v) is 12.2. The number of nitrogens with two attached hydrogens (primary N) is 1. The number of fused-ring (bicyclic) bond motifs is 1. The monoisotopic (exact) mass is 499 g/mol. The zero-order chi connectivity index (χ0) is 25.0. The molecule has 7 nitrogen and oxygen atoms in total. The minimum atomic E-state index is -4.58. The van der Waals surface area contributed by atoms with Crippen LogP contribution in [0.1, 0.15) is 56.3 Å². The van der Waals surface area contributed by atoms with Gasteiger partial charge in [0.2, 0.25) is 0 Å². The molecule has 2 fully saturated rings. The van der Waals surface area contributed by atoms with Gasteiger partial charge in [0.15, 0.2) is 0 Å². The van der Waals surface area contributed by atoms with Crippen LogP contribution in [0.4, 0.5) is 19.0 Å². The van der Waals surface area contributed by atoms with E-state index in [9.17, 15) is 21.6 Å². The van der Waals surface area contributed by atoms with E-state index in [1.165, 1.54) is 12.5 Å². The van der Waals surface area contributed by atoms with Gasteiger partial charge in [0.05, 0.1) is 17.0 Å². The summed E-state index contributed by atoms with van der Waals surface area (Å²) in [5, 5.41) is 4.69. The Balaban J connectivity index is 1.55. The van der Waals surface area contributed by atoms with E-state index in [0.717, 1.165) is 31.0 Å². The molecule has 2 heterocycles. The van der Waals surface area contributed by atoms with Crippen LogP contribution in [0.25, 0.3) is 11.3 Å². The van der Waals surface area contributed by atoms with E-state index in [0.29, 0.717) is 41.6 Å². The molecule has 2 N–H and O–H groups in total. The Labute approximate surface area is 198 Å². The first-order valence-electron chi connectivity index (χ1n) is 11.6. The zero-order valence-electron chi connectivity index (χ0n) is 19.9. The molecular formula is C23H32F3N5O2S. The molecule has 2 saturated carbocycles. The SMILES string of the molecule is CCC(C)n1nc(-c2cnc(N)c(C(F)(F)F)c2)cc1C1C2CC(N(C)CCS(C)(=O)=O)CC21. The Morgan fingerprint density at radius 3 is 2.47 bits per heavy atom. The minimum Gasteiger partial charge on any atom is -0.383 e. The van der Waals surface area contributed by atoms with Crippen LogP contribution in [0.3, 0.4) is 0 Å². The van der Waals surface area contributed by atoms with Crippen molar-refractivity contribution >= 4 is 15.7 Å². The molecule has 0 saturated heterocycles. The summed E-state index contributed by atoms with van der Waals surface area (Å²) in [7, 11) is -1.02. The number of pyridine rings is 1. The molecule has 2 aliphatic carbocycles. The predicted molar refractivity (Wildman–Crippen MR) is 125 cm³/mol. The summed E-state index contributed by atoms with van der Waals surface area (Å²) < 4.78 is 65.0. The normalized spacial score (nSPS) is 25.5. The largest absolute Gasteiger partial charge is 0.419 e. The van der Waals surface area contributed by atoms with Gasteiger partial charge in [-0.2, -0.15) is 18.3 Å². The van der Waals surface area contributed by atoms with Crippen LogP contribution in [0.15, 0.2) is 18.3 Å². The summed E-state index contributed by atoms with van der Waals surface area (Å²) in [4.78, 5) is 5.91. The average molecular weight is 500 g/mol. The quantitative estimate of drug-likeness (QED) is 0.590. The van der Waals surface area contributed by atoms with Crippen LogP contribution in [0.2, 0.25) is 0 Å². The highest BCUT2D eigenvalue weighted by Gasteiger charge is 2.58. The Morgan fingerprint density at radius 2 is 1.91 bits per heavy atom. The summed E-state index contributed by atoms with van der Waals surface area (Å²) in [5.74, 6) is 0.888. The maximum Gasteiger partial charge on any atom is 0.419 e. The van der Waals surface area contributed by atoms with Gasteiger partial charge in [0, 0.05) is 48.3 Å². The lowest BCUT2D eigenvalue weighted by Gasteiger charge is -2.26. The van der Waals surface area contributed by atoms with Gasteiger partial charge in [0.25, 0.3) is 0 Å². The van der Waals surface area contributed by atoms with Gasteiger partial charge in [0.1, 0.15) is 15.7 Å². The fourth-order valence-corrected chi connectivity index (χ4v) is 5.89. The highest BCUT2D eigenvalue weighted by atomic mass is 32.2. The van der Waals surface area contributed by atoms with E-state index in [4.69, 9.17) is 10.8 Å². The Hall–Kier alpha value is -2.14. The lowest BCUT2D eigenvalue weighted by Crippen LogP contribution is -2.34. The molecule has 2 aliphatic rings. The molecule has 0 amide bonds. The first-order valence-corrected chi connectivity index (χ1v) is 13.7. The first kappa shape index (κ1) is 25.0. The first-order chi connectivity index (χ1) is 15.8. The van der Waals surface area contributed by atoms with Gasteiger partial charge in [-0.15, -0.1) is 0 Å². The Bertz CT molecular complexity index is 1150. The fourth-order valence-electron chi connectivity index (χ4n) is 5.27. The fraction of sp³-hybridized carbons (Fsp3) is 0.652. The molecule has 2 aromatic rings. The molecule has 4 rings (SSSR count). The molecule has 0 aliphatic heterocycles. The number of hydrogen-bond donors (Lipinski definition) is 1. The van der Waals surface area contributed by atoms with E-state index >= 15 is 0 Å². The molecule has 188 valence electrons. The van der Waals surface area contributed by atoms with Crippen molar-refractivity contribution in [2.24, 2.45) is 11.8 Å². The number of nitrogens with zero attached hydrogens (tertiary/aromatic N) is 4. The van der Waals surface area contributed by atoms with Crippen LogP contribution in [0.5, 0.6) is 0 Å². The highest BCUT2D eigenvalue weighted by Crippen LogP contribution is 2.64. The van der Waals surface area contributed by atoms with Crippen LogP contribution < -0.4 is 5.73 Å². The van der Waals surface area contributed by atoms with Gasteiger partial charge in [-0.05, 0) is 57.2 Å². The second kappa shape index (κ2) is 8.82. The van der Waals surface area contributed by atoms with Crippen molar-refractivity contribution in [1.29, 1.82) is 0 Å². The molecule has 0 radical (unpaired) electrons. The number of rotatable bonds is 8. The van der Waals surface area contributed by atoms with Crippen LogP contribution in [-0.4, -0.2) is 59.7 Å². The van der Waals surface area contributed by atoms with Gasteiger partial charge < -0.3 is 10.6 Å². The zero-order valence-corrected chi connectivity index (χ0v) is 20.7. The standard InChI is InChI=1S/C23H32F3N5O2S/c1-5-13(2)31-20(11-19(29-31)14-8-18(23(24,25)26)22(27)28-12-14)21-16-9-15(10-17(16)21)30(3)6-7-34(4,32)33/h8,11-13,15-17,21H,5-7,9-10H2,1-4H3,(H2,27,28). The molecule has 34 heavy (non-hydrogen) atoms. The number of hydrogen-bond acceptors (Lipinski definition) is 6.